The number of amides is 1. The summed E-state index contributed by atoms with van der Waals surface area (Å²) in [5, 5.41) is 4.13. The molecule has 0 unspecified atom stereocenters. The Hall–Kier alpha value is -1.32. The zero-order chi connectivity index (χ0) is 9.64. The molecule has 70 valence electrons. The summed E-state index contributed by atoms with van der Waals surface area (Å²) < 4.78 is 1.88. The highest BCUT2D eigenvalue weighted by Gasteiger charge is 2.35. The van der Waals surface area contributed by atoms with E-state index >= 15 is 0 Å². The number of nitrogens with two attached hydrogens (primary N) is 1. The fraction of sp³-hybridized carbons (Fsp3) is 0.556. The fourth-order valence-electron chi connectivity index (χ4n) is 1.95. The average Bonchev–Trinajstić information content (AvgIpc) is 2.53. The maximum atomic E-state index is 11.1. The third-order valence-electron chi connectivity index (χ3n) is 2.69. The average molecular weight is 179 g/mol. The molecule has 0 saturated carbocycles. The van der Waals surface area contributed by atoms with Gasteiger partial charge in [-0.2, -0.15) is 5.10 Å². The topological polar surface area (TPSA) is 60.9 Å². The maximum Gasteiger partial charge on any atom is 0.252 e. The first-order chi connectivity index (χ1) is 6.02. The number of primary amides is 1. The van der Waals surface area contributed by atoms with Gasteiger partial charge in [0.1, 0.15) is 0 Å². The van der Waals surface area contributed by atoms with Crippen molar-refractivity contribution in [3.8, 4) is 0 Å². The van der Waals surface area contributed by atoms with Crippen molar-refractivity contribution in [1.29, 1.82) is 0 Å². The van der Waals surface area contributed by atoms with Crippen molar-refractivity contribution < 1.29 is 4.79 Å². The first-order valence-electron chi connectivity index (χ1n) is 4.38. The van der Waals surface area contributed by atoms with Gasteiger partial charge in [-0.3, -0.25) is 9.48 Å². The lowest BCUT2D eigenvalue weighted by molar-refractivity contribution is 0.0998. The molecule has 13 heavy (non-hydrogen) atoms. The van der Waals surface area contributed by atoms with Crippen LogP contribution in [-0.2, 0) is 12.0 Å². The fourth-order valence-corrected chi connectivity index (χ4v) is 1.95. The molecule has 1 aliphatic heterocycles. The summed E-state index contributed by atoms with van der Waals surface area (Å²) in [5.74, 6) is -0.378. The van der Waals surface area contributed by atoms with E-state index in [1.54, 1.807) is 6.20 Å². The number of aromatic nitrogens is 2. The summed E-state index contributed by atoms with van der Waals surface area (Å²) in [5.41, 5.74) is 6.85. The van der Waals surface area contributed by atoms with Crippen LogP contribution in [0.2, 0.25) is 0 Å². The van der Waals surface area contributed by atoms with E-state index in [1.807, 2.05) is 4.68 Å². The first-order valence-corrected chi connectivity index (χ1v) is 4.38. The molecule has 1 aromatic rings. The molecule has 1 amide bonds. The molecule has 4 heteroatoms. The van der Waals surface area contributed by atoms with Gasteiger partial charge in [0.15, 0.2) is 0 Å². The normalized spacial score (nSPS) is 18.6. The van der Waals surface area contributed by atoms with Crippen molar-refractivity contribution in [1.82, 2.24) is 9.78 Å². The van der Waals surface area contributed by atoms with Crippen LogP contribution in [0, 0.1) is 0 Å². The summed E-state index contributed by atoms with van der Waals surface area (Å²) in [6.07, 6.45) is 2.59. The lowest BCUT2D eigenvalue weighted by Crippen LogP contribution is -2.20. The number of rotatable bonds is 1. The van der Waals surface area contributed by atoms with Gasteiger partial charge in [-0.05, 0) is 6.42 Å². The van der Waals surface area contributed by atoms with Crippen LogP contribution in [0.15, 0.2) is 6.20 Å². The van der Waals surface area contributed by atoms with Gasteiger partial charge in [-0.1, -0.05) is 13.8 Å². The second kappa shape index (κ2) is 2.34. The molecule has 0 aliphatic carbocycles. The van der Waals surface area contributed by atoms with Gasteiger partial charge in [0, 0.05) is 12.0 Å². The molecule has 2 heterocycles. The van der Waals surface area contributed by atoms with E-state index in [2.05, 4.69) is 18.9 Å². The smallest absolute Gasteiger partial charge is 0.252 e. The van der Waals surface area contributed by atoms with Crippen LogP contribution >= 0.6 is 0 Å². The number of carbonyl (C=O) groups is 1. The number of carbonyl (C=O) groups excluding carboxylic acids is 1. The first kappa shape index (κ1) is 8.29. The summed E-state index contributed by atoms with van der Waals surface area (Å²) in [6, 6.07) is 0. The molecule has 0 saturated heterocycles. The van der Waals surface area contributed by atoms with Gasteiger partial charge in [-0.15, -0.1) is 0 Å². The van der Waals surface area contributed by atoms with E-state index < -0.39 is 0 Å². The van der Waals surface area contributed by atoms with Crippen LogP contribution in [0.4, 0.5) is 0 Å². The minimum Gasteiger partial charge on any atom is -0.365 e. The van der Waals surface area contributed by atoms with E-state index in [0.29, 0.717) is 5.56 Å². The molecule has 0 aromatic carbocycles. The number of hydrogen-bond acceptors (Lipinski definition) is 2. The molecular weight excluding hydrogens is 166 g/mol. The van der Waals surface area contributed by atoms with Gasteiger partial charge < -0.3 is 5.73 Å². The Labute approximate surface area is 76.7 Å². The van der Waals surface area contributed by atoms with Crippen LogP contribution in [0.3, 0.4) is 0 Å². The molecule has 2 rings (SSSR count). The van der Waals surface area contributed by atoms with Gasteiger partial charge >= 0.3 is 0 Å². The van der Waals surface area contributed by atoms with Crippen molar-refractivity contribution in [2.45, 2.75) is 32.2 Å². The van der Waals surface area contributed by atoms with Crippen molar-refractivity contribution in [2.24, 2.45) is 5.73 Å². The van der Waals surface area contributed by atoms with E-state index in [1.165, 1.54) is 0 Å². The monoisotopic (exact) mass is 179 g/mol. The van der Waals surface area contributed by atoms with Gasteiger partial charge in [0.2, 0.25) is 0 Å². The highest BCUT2D eigenvalue weighted by Crippen LogP contribution is 2.35. The van der Waals surface area contributed by atoms with Crippen molar-refractivity contribution in [3.05, 3.63) is 17.5 Å². The largest absolute Gasteiger partial charge is 0.365 e. The van der Waals surface area contributed by atoms with Crippen molar-refractivity contribution in [3.63, 3.8) is 0 Å². The van der Waals surface area contributed by atoms with Gasteiger partial charge in [-0.25, -0.2) is 0 Å². The summed E-state index contributed by atoms with van der Waals surface area (Å²) in [7, 11) is 0. The molecule has 0 radical (unpaired) electrons. The SMILES string of the molecule is CC1(C)CCn2ncc(C(N)=O)c21. The zero-order valence-electron chi connectivity index (χ0n) is 7.87. The Morgan fingerprint density at radius 3 is 3.00 bits per heavy atom. The molecule has 1 aromatic heterocycles. The molecule has 0 atom stereocenters. The number of nitrogens with zero attached hydrogens (tertiary/aromatic N) is 2. The van der Waals surface area contributed by atoms with E-state index in [9.17, 15) is 4.79 Å². The number of aryl methyl sites for hydroxylation is 1. The third-order valence-corrected chi connectivity index (χ3v) is 2.69. The molecule has 1 aliphatic rings. The second-order valence-electron chi connectivity index (χ2n) is 4.13. The molecule has 0 bridgehead atoms. The second-order valence-corrected chi connectivity index (χ2v) is 4.13. The number of fused-ring (bicyclic) bond motifs is 1. The molecule has 0 spiro atoms. The predicted molar refractivity (Wildman–Crippen MR) is 48.4 cm³/mol. The standard InChI is InChI=1S/C9H13N3O/c1-9(2)3-4-12-7(9)6(5-11-12)8(10)13/h5H,3-4H2,1-2H3,(H2,10,13). The summed E-state index contributed by atoms with van der Waals surface area (Å²) in [4.78, 5) is 11.1. The van der Waals surface area contributed by atoms with E-state index in [-0.39, 0.29) is 11.3 Å². The van der Waals surface area contributed by atoms with Crippen LogP contribution in [0.25, 0.3) is 0 Å². The molecule has 2 N–H and O–H groups in total. The van der Waals surface area contributed by atoms with Gasteiger partial charge in [0.25, 0.3) is 5.91 Å². The van der Waals surface area contributed by atoms with Crippen LogP contribution in [0.1, 0.15) is 36.3 Å². The molecular formula is C9H13N3O. The molecule has 0 fully saturated rings. The Kier molecular flexibility index (Phi) is 1.49. The third kappa shape index (κ3) is 1.05. The Balaban J connectivity index is 2.59. The quantitative estimate of drug-likeness (QED) is 0.688. The predicted octanol–water partition coefficient (Wildman–Crippen LogP) is 0.663. The lowest BCUT2D eigenvalue weighted by Gasteiger charge is -2.16. The van der Waals surface area contributed by atoms with Crippen LogP contribution < -0.4 is 5.73 Å². The lowest BCUT2D eigenvalue weighted by atomic mass is 9.86. The van der Waals surface area contributed by atoms with Crippen molar-refractivity contribution >= 4 is 5.91 Å². The maximum absolute atomic E-state index is 11.1. The highest BCUT2D eigenvalue weighted by atomic mass is 16.1. The van der Waals surface area contributed by atoms with Gasteiger partial charge in [0.05, 0.1) is 17.5 Å². The minimum absolute atomic E-state index is 0.0286. The Morgan fingerprint density at radius 2 is 2.38 bits per heavy atom. The Morgan fingerprint density at radius 1 is 1.69 bits per heavy atom. The summed E-state index contributed by atoms with van der Waals surface area (Å²) in [6.45, 7) is 5.11. The van der Waals surface area contributed by atoms with Crippen LogP contribution in [0.5, 0.6) is 0 Å². The summed E-state index contributed by atoms with van der Waals surface area (Å²) >= 11 is 0. The number of hydrogen-bond donors (Lipinski definition) is 1. The Bertz CT molecular complexity index is 365. The van der Waals surface area contributed by atoms with E-state index in [4.69, 9.17) is 5.73 Å². The zero-order valence-corrected chi connectivity index (χ0v) is 7.87. The highest BCUT2D eigenvalue weighted by molar-refractivity contribution is 5.94. The molecule has 4 nitrogen and oxygen atoms in total. The minimum atomic E-state index is -0.378. The van der Waals surface area contributed by atoms with Crippen LogP contribution in [-0.4, -0.2) is 15.7 Å². The van der Waals surface area contributed by atoms with Crippen molar-refractivity contribution in [2.75, 3.05) is 0 Å². The van der Waals surface area contributed by atoms with E-state index in [0.717, 1.165) is 18.7 Å².